The Labute approximate surface area is 134 Å². The van der Waals surface area contributed by atoms with E-state index >= 15 is 0 Å². The van der Waals surface area contributed by atoms with Crippen LogP contribution in [0, 0.1) is 22.6 Å². The number of carbonyl (C=O) groups is 1. The lowest BCUT2D eigenvalue weighted by atomic mass is 9.74. The molecule has 1 atom stereocenters. The fourth-order valence-electron chi connectivity index (χ4n) is 3.13. The maximum Gasteiger partial charge on any atom is 0.168 e. The van der Waals surface area contributed by atoms with Gasteiger partial charge in [-0.1, -0.05) is 26.0 Å². The minimum Gasteiger partial charge on any atom is -0.484 e. The smallest absolute Gasteiger partial charge is 0.168 e. The normalized spacial score (nSPS) is 23.2. The van der Waals surface area contributed by atoms with E-state index in [1.54, 1.807) is 12.1 Å². The second-order valence-corrected chi connectivity index (χ2v) is 6.73. The van der Waals surface area contributed by atoms with Crippen LogP contribution < -0.4 is 5.73 Å². The molecule has 1 aliphatic carbocycles. The van der Waals surface area contributed by atoms with Crippen molar-refractivity contribution in [3.63, 3.8) is 0 Å². The molecule has 0 amide bonds. The van der Waals surface area contributed by atoms with Crippen molar-refractivity contribution in [3.8, 4) is 6.07 Å². The zero-order chi connectivity index (χ0) is 16.8. The summed E-state index contributed by atoms with van der Waals surface area (Å²) in [5, 5.41) is 9.45. The van der Waals surface area contributed by atoms with Crippen molar-refractivity contribution in [2.45, 2.75) is 32.8 Å². The van der Waals surface area contributed by atoms with E-state index in [2.05, 4.69) is 0 Å². The van der Waals surface area contributed by atoms with E-state index in [4.69, 9.17) is 10.5 Å². The third kappa shape index (κ3) is 2.61. The highest BCUT2D eigenvalue weighted by Crippen LogP contribution is 2.45. The maximum atomic E-state index is 13.1. The SMILES string of the molecule is CC1(C)CC(=O)C2=C(C1)O[C@H](c1ccc(F)cc1)C(C#N)=C2N. The maximum absolute atomic E-state index is 13.1. The molecule has 0 unspecified atom stereocenters. The lowest BCUT2D eigenvalue weighted by Gasteiger charge is -2.37. The van der Waals surface area contributed by atoms with Crippen LogP contribution in [0.3, 0.4) is 0 Å². The Balaban J connectivity index is 2.09. The van der Waals surface area contributed by atoms with E-state index in [0.717, 1.165) is 0 Å². The molecule has 0 fully saturated rings. The number of benzene rings is 1. The van der Waals surface area contributed by atoms with Gasteiger partial charge in [0.2, 0.25) is 0 Å². The summed E-state index contributed by atoms with van der Waals surface area (Å²) in [6.45, 7) is 3.98. The van der Waals surface area contributed by atoms with Crippen molar-refractivity contribution < 1.29 is 13.9 Å². The van der Waals surface area contributed by atoms with Crippen LogP contribution in [0.5, 0.6) is 0 Å². The number of hydrogen-bond acceptors (Lipinski definition) is 4. The molecule has 1 heterocycles. The Kier molecular flexibility index (Phi) is 3.48. The molecule has 1 aromatic rings. The number of allylic oxidation sites excluding steroid dienone is 2. The average Bonchev–Trinajstić information content (AvgIpc) is 2.45. The van der Waals surface area contributed by atoms with Gasteiger partial charge in [-0.15, -0.1) is 0 Å². The summed E-state index contributed by atoms with van der Waals surface area (Å²) in [7, 11) is 0. The van der Waals surface area contributed by atoms with E-state index < -0.39 is 6.10 Å². The standard InChI is InChI=1S/C18H17FN2O2/c1-18(2)7-13(22)15-14(8-18)23-17(12(9-20)16(15)21)10-3-5-11(19)6-4-10/h3-6,17H,7-8,21H2,1-2H3/t17-/m1/s1. The van der Waals surface area contributed by atoms with Crippen molar-refractivity contribution in [2.24, 2.45) is 11.1 Å². The fraction of sp³-hybridized carbons (Fsp3) is 0.333. The minimum absolute atomic E-state index is 0.0981. The van der Waals surface area contributed by atoms with Gasteiger partial charge in [-0.3, -0.25) is 4.79 Å². The molecular formula is C18H17FN2O2. The highest BCUT2D eigenvalue weighted by atomic mass is 19.1. The first-order valence-corrected chi connectivity index (χ1v) is 7.41. The number of ether oxygens (including phenoxy) is 1. The Hall–Kier alpha value is -2.61. The number of ketones is 1. The zero-order valence-corrected chi connectivity index (χ0v) is 13.0. The summed E-state index contributed by atoms with van der Waals surface area (Å²) in [6.07, 6.45) is 0.238. The third-order valence-corrected chi connectivity index (χ3v) is 4.21. The second kappa shape index (κ2) is 5.24. The monoisotopic (exact) mass is 312 g/mol. The molecule has 0 radical (unpaired) electrons. The van der Waals surface area contributed by atoms with Crippen LogP contribution in [0.4, 0.5) is 4.39 Å². The van der Waals surface area contributed by atoms with Gasteiger partial charge in [-0.05, 0) is 23.1 Å². The second-order valence-electron chi connectivity index (χ2n) is 6.73. The number of nitrogens with two attached hydrogens (primary N) is 1. The minimum atomic E-state index is -0.707. The quantitative estimate of drug-likeness (QED) is 0.863. The first-order valence-electron chi connectivity index (χ1n) is 7.41. The predicted octanol–water partition coefficient (Wildman–Crippen LogP) is 3.28. The summed E-state index contributed by atoms with van der Waals surface area (Å²) in [4.78, 5) is 12.4. The van der Waals surface area contributed by atoms with Gasteiger partial charge in [0.1, 0.15) is 17.6 Å². The molecule has 0 bridgehead atoms. The Morgan fingerprint density at radius 1 is 1.30 bits per heavy atom. The molecule has 23 heavy (non-hydrogen) atoms. The molecule has 0 spiro atoms. The molecule has 2 N–H and O–H groups in total. The number of nitriles is 1. The number of Topliss-reactive ketones (excluding diaryl/α,β-unsaturated/α-hetero) is 1. The lowest BCUT2D eigenvalue weighted by Crippen LogP contribution is -2.33. The molecule has 4 nitrogen and oxygen atoms in total. The number of rotatable bonds is 1. The molecule has 5 heteroatoms. The summed E-state index contributed by atoms with van der Waals surface area (Å²) >= 11 is 0. The molecule has 0 saturated heterocycles. The Bertz CT molecular complexity index is 782. The van der Waals surface area contributed by atoms with Crippen LogP contribution >= 0.6 is 0 Å². The van der Waals surface area contributed by atoms with Gasteiger partial charge in [0, 0.05) is 12.8 Å². The highest BCUT2D eigenvalue weighted by molar-refractivity contribution is 6.01. The number of carbonyl (C=O) groups excluding carboxylic acids is 1. The average molecular weight is 312 g/mol. The van der Waals surface area contributed by atoms with E-state index in [9.17, 15) is 14.4 Å². The first kappa shape index (κ1) is 15.3. The van der Waals surface area contributed by atoms with Gasteiger partial charge < -0.3 is 10.5 Å². The van der Waals surface area contributed by atoms with Crippen LogP contribution in [0.2, 0.25) is 0 Å². The molecule has 2 aliphatic rings. The topological polar surface area (TPSA) is 76.1 Å². The van der Waals surface area contributed by atoms with E-state index in [0.29, 0.717) is 29.7 Å². The van der Waals surface area contributed by atoms with Gasteiger partial charge in [0.05, 0.1) is 16.8 Å². The van der Waals surface area contributed by atoms with Crippen molar-refractivity contribution in [1.29, 1.82) is 5.26 Å². The fourth-order valence-corrected chi connectivity index (χ4v) is 3.13. The van der Waals surface area contributed by atoms with Gasteiger partial charge in [-0.25, -0.2) is 4.39 Å². The largest absolute Gasteiger partial charge is 0.484 e. The summed E-state index contributed by atoms with van der Waals surface area (Å²) in [5.41, 5.74) is 7.24. The Morgan fingerprint density at radius 2 is 1.96 bits per heavy atom. The zero-order valence-electron chi connectivity index (χ0n) is 13.0. The first-order chi connectivity index (χ1) is 10.8. The van der Waals surface area contributed by atoms with Gasteiger partial charge in [0.15, 0.2) is 11.9 Å². The summed E-state index contributed by atoms with van der Waals surface area (Å²) in [6, 6.07) is 7.78. The highest BCUT2D eigenvalue weighted by Gasteiger charge is 2.41. The Morgan fingerprint density at radius 3 is 2.57 bits per heavy atom. The van der Waals surface area contributed by atoms with Gasteiger partial charge >= 0.3 is 0 Å². The van der Waals surface area contributed by atoms with E-state index in [-0.39, 0.29) is 28.3 Å². The van der Waals surface area contributed by atoms with Gasteiger partial charge in [0.25, 0.3) is 0 Å². The molecule has 0 saturated carbocycles. The number of nitrogens with zero attached hydrogens (tertiary/aromatic N) is 1. The molecule has 1 aromatic carbocycles. The molecule has 1 aliphatic heterocycles. The molecule has 0 aromatic heterocycles. The molecule has 118 valence electrons. The third-order valence-electron chi connectivity index (χ3n) is 4.21. The molecular weight excluding hydrogens is 295 g/mol. The van der Waals surface area contributed by atoms with Crippen molar-refractivity contribution in [3.05, 3.63) is 58.2 Å². The summed E-state index contributed by atoms with van der Waals surface area (Å²) in [5.74, 6) is 0.0602. The number of hydrogen-bond donors (Lipinski definition) is 1. The van der Waals surface area contributed by atoms with Crippen LogP contribution in [0.15, 0.2) is 46.9 Å². The summed E-state index contributed by atoms with van der Waals surface area (Å²) < 4.78 is 19.1. The van der Waals surface area contributed by atoms with E-state index in [1.165, 1.54) is 12.1 Å². The van der Waals surface area contributed by atoms with Crippen LogP contribution in [0.25, 0.3) is 0 Å². The number of halogens is 1. The van der Waals surface area contributed by atoms with E-state index in [1.807, 2.05) is 19.9 Å². The van der Waals surface area contributed by atoms with Crippen molar-refractivity contribution in [2.75, 3.05) is 0 Å². The van der Waals surface area contributed by atoms with Crippen LogP contribution in [-0.2, 0) is 9.53 Å². The van der Waals surface area contributed by atoms with Crippen molar-refractivity contribution in [1.82, 2.24) is 0 Å². The van der Waals surface area contributed by atoms with Gasteiger partial charge in [-0.2, -0.15) is 5.26 Å². The predicted molar refractivity (Wildman–Crippen MR) is 82.1 cm³/mol. The van der Waals surface area contributed by atoms with Crippen LogP contribution in [0.1, 0.15) is 38.4 Å². The van der Waals surface area contributed by atoms with Crippen LogP contribution in [-0.4, -0.2) is 5.78 Å². The lowest BCUT2D eigenvalue weighted by molar-refractivity contribution is -0.118. The van der Waals surface area contributed by atoms with Crippen molar-refractivity contribution >= 4 is 5.78 Å². The molecule has 3 rings (SSSR count).